The molecule has 30 heavy (non-hydrogen) atoms. The van der Waals surface area contributed by atoms with Crippen LogP contribution in [0.3, 0.4) is 0 Å². The maximum Gasteiger partial charge on any atom is 0.252 e. The van der Waals surface area contributed by atoms with Crippen LogP contribution >= 0.6 is 35.3 Å². The fourth-order valence-electron chi connectivity index (χ4n) is 2.90. The first-order valence-corrected chi connectivity index (χ1v) is 11.5. The molecule has 1 fully saturated rings. The standard InChI is InChI=1S/C19H25FN4O3S2.HI/c1-14-11-15(3-5-17(14)20)12-22-19(21-2)23-13-16-4-6-18(28-16)29(25,26)24-7-9-27-10-8-24;/h3-6,11H,7-10,12-13H2,1-2H3,(H2,21,22,23);1H. The normalized spacial score (nSPS) is 15.5. The zero-order valence-electron chi connectivity index (χ0n) is 16.9. The van der Waals surface area contributed by atoms with E-state index in [2.05, 4.69) is 15.6 Å². The zero-order chi connectivity index (χ0) is 20.9. The maximum absolute atomic E-state index is 13.4. The fraction of sp³-hybridized carbons (Fsp3) is 0.421. The van der Waals surface area contributed by atoms with Gasteiger partial charge in [0.2, 0.25) is 0 Å². The molecule has 0 amide bonds. The molecule has 0 bridgehead atoms. The predicted molar refractivity (Wildman–Crippen MR) is 127 cm³/mol. The van der Waals surface area contributed by atoms with Crippen LogP contribution in [0.25, 0.3) is 0 Å². The third kappa shape index (κ3) is 6.36. The van der Waals surface area contributed by atoms with E-state index in [-0.39, 0.29) is 29.8 Å². The van der Waals surface area contributed by atoms with E-state index in [4.69, 9.17) is 4.74 Å². The van der Waals surface area contributed by atoms with Gasteiger partial charge in [-0.3, -0.25) is 4.99 Å². The van der Waals surface area contributed by atoms with Gasteiger partial charge in [-0.05, 0) is 36.2 Å². The maximum atomic E-state index is 13.4. The first-order chi connectivity index (χ1) is 13.9. The van der Waals surface area contributed by atoms with Gasteiger partial charge in [0.05, 0.1) is 19.8 Å². The number of morpholine rings is 1. The SMILES string of the molecule is CN=C(NCc1ccc(F)c(C)c1)NCc1ccc(S(=O)(=O)N2CCOCC2)s1.I. The van der Waals surface area contributed by atoms with Crippen molar-refractivity contribution in [3.63, 3.8) is 0 Å². The van der Waals surface area contributed by atoms with Crippen molar-refractivity contribution in [3.8, 4) is 0 Å². The van der Waals surface area contributed by atoms with E-state index in [9.17, 15) is 12.8 Å². The number of nitrogens with zero attached hydrogens (tertiary/aromatic N) is 2. The third-order valence-corrected chi connectivity index (χ3v) is 7.99. The summed E-state index contributed by atoms with van der Waals surface area (Å²) in [4.78, 5) is 5.06. The minimum Gasteiger partial charge on any atom is -0.379 e. The van der Waals surface area contributed by atoms with Crippen LogP contribution in [0.5, 0.6) is 0 Å². The van der Waals surface area contributed by atoms with Gasteiger partial charge >= 0.3 is 0 Å². The van der Waals surface area contributed by atoms with Crippen molar-refractivity contribution in [2.24, 2.45) is 4.99 Å². The van der Waals surface area contributed by atoms with Gasteiger partial charge in [0.1, 0.15) is 10.0 Å². The van der Waals surface area contributed by atoms with Crippen LogP contribution in [0.2, 0.25) is 0 Å². The van der Waals surface area contributed by atoms with Gasteiger partial charge in [0.25, 0.3) is 10.0 Å². The Morgan fingerprint density at radius 2 is 1.90 bits per heavy atom. The summed E-state index contributed by atoms with van der Waals surface area (Å²) < 4.78 is 45.8. The highest BCUT2D eigenvalue weighted by molar-refractivity contribution is 14.0. The number of aryl methyl sites for hydroxylation is 1. The van der Waals surface area contributed by atoms with Gasteiger partial charge in [-0.25, -0.2) is 12.8 Å². The summed E-state index contributed by atoms with van der Waals surface area (Å²) in [6.07, 6.45) is 0. The second-order valence-electron chi connectivity index (χ2n) is 6.60. The molecule has 1 aliphatic heterocycles. The summed E-state index contributed by atoms with van der Waals surface area (Å²) in [6.45, 7) is 4.29. The van der Waals surface area contributed by atoms with Gasteiger partial charge in [0, 0.05) is 31.6 Å². The summed E-state index contributed by atoms with van der Waals surface area (Å²) in [5, 5.41) is 6.35. The van der Waals surface area contributed by atoms with Gasteiger partial charge < -0.3 is 15.4 Å². The lowest BCUT2D eigenvalue weighted by atomic mass is 10.1. The van der Waals surface area contributed by atoms with Crippen LogP contribution in [0.15, 0.2) is 39.5 Å². The monoisotopic (exact) mass is 568 g/mol. The Bertz CT molecular complexity index is 976. The summed E-state index contributed by atoms with van der Waals surface area (Å²) in [5.41, 5.74) is 1.54. The highest BCUT2D eigenvalue weighted by Gasteiger charge is 2.27. The molecule has 2 N–H and O–H groups in total. The molecule has 1 aromatic heterocycles. The molecule has 3 rings (SSSR count). The molecule has 2 aromatic rings. The Hall–Kier alpha value is -1.28. The van der Waals surface area contributed by atoms with Crippen molar-refractivity contribution < 1.29 is 17.5 Å². The van der Waals surface area contributed by atoms with E-state index >= 15 is 0 Å². The zero-order valence-corrected chi connectivity index (χ0v) is 20.8. The van der Waals surface area contributed by atoms with E-state index in [1.54, 1.807) is 32.2 Å². The molecular formula is C19H26FIN4O3S2. The van der Waals surface area contributed by atoms with Crippen molar-refractivity contribution in [1.29, 1.82) is 0 Å². The quantitative estimate of drug-likeness (QED) is 0.318. The molecule has 7 nitrogen and oxygen atoms in total. The molecule has 0 radical (unpaired) electrons. The van der Waals surface area contributed by atoms with E-state index in [1.807, 2.05) is 6.07 Å². The number of sulfonamides is 1. The van der Waals surface area contributed by atoms with Gasteiger partial charge in [-0.15, -0.1) is 35.3 Å². The number of thiophene rings is 1. The molecule has 1 aromatic carbocycles. The number of hydrogen-bond acceptors (Lipinski definition) is 5. The summed E-state index contributed by atoms with van der Waals surface area (Å²) in [7, 11) is -1.81. The number of ether oxygens (including phenoxy) is 1. The number of halogens is 2. The lowest BCUT2D eigenvalue weighted by molar-refractivity contribution is 0.0731. The number of aliphatic imine (C=N–C) groups is 1. The molecule has 0 spiro atoms. The molecular weight excluding hydrogens is 542 g/mol. The smallest absolute Gasteiger partial charge is 0.252 e. The average molecular weight is 568 g/mol. The number of rotatable bonds is 6. The molecule has 0 unspecified atom stereocenters. The van der Waals surface area contributed by atoms with Crippen LogP contribution in [0.4, 0.5) is 4.39 Å². The second kappa shape index (κ2) is 11.4. The van der Waals surface area contributed by atoms with Crippen LogP contribution < -0.4 is 10.6 Å². The van der Waals surface area contributed by atoms with E-state index in [0.29, 0.717) is 55.1 Å². The highest BCUT2D eigenvalue weighted by atomic mass is 127. The summed E-state index contributed by atoms with van der Waals surface area (Å²) in [5.74, 6) is 0.356. The number of benzene rings is 1. The average Bonchev–Trinajstić information content (AvgIpc) is 3.21. The van der Waals surface area contributed by atoms with Crippen LogP contribution in [0.1, 0.15) is 16.0 Å². The van der Waals surface area contributed by atoms with Gasteiger partial charge in [-0.1, -0.05) is 12.1 Å². The first kappa shape index (κ1) is 25.0. The lowest BCUT2D eigenvalue weighted by Gasteiger charge is -2.25. The largest absolute Gasteiger partial charge is 0.379 e. The number of hydrogen-bond donors (Lipinski definition) is 2. The molecule has 2 heterocycles. The predicted octanol–water partition coefficient (Wildman–Crippen LogP) is 2.70. The molecule has 11 heteroatoms. The van der Waals surface area contributed by atoms with Crippen molar-refractivity contribution >= 4 is 51.3 Å². The molecule has 0 saturated carbocycles. The van der Waals surface area contributed by atoms with Crippen molar-refractivity contribution in [3.05, 3.63) is 52.2 Å². The van der Waals surface area contributed by atoms with Gasteiger partial charge in [-0.2, -0.15) is 4.31 Å². The molecule has 166 valence electrons. The topological polar surface area (TPSA) is 83.0 Å². The Morgan fingerprint density at radius 3 is 2.57 bits per heavy atom. The third-order valence-electron chi connectivity index (χ3n) is 4.54. The molecule has 0 atom stereocenters. The van der Waals surface area contributed by atoms with Crippen LogP contribution in [-0.2, 0) is 27.8 Å². The molecule has 0 aliphatic carbocycles. The van der Waals surface area contributed by atoms with Crippen molar-refractivity contribution in [2.75, 3.05) is 33.4 Å². The molecule has 1 saturated heterocycles. The number of nitrogens with one attached hydrogen (secondary N) is 2. The van der Waals surface area contributed by atoms with Crippen LogP contribution in [0, 0.1) is 12.7 Å². The minimum atomic E-state index is -3.47. The Morgan fingerprint density at radius 1 is 1.20 bits per heavy atom. The fourth-order valence-corrected chi connectivity index (χ4v) is 5.76. The van der Waals surface area contributed by atoms with E-state index in [0.717, 1.165) is 10.4 Å². The highest BCUT2D eigenvalue weighted by Crippen LogP contribution is 2.25. The Balaban J connectivity index is 0.00000320. The number of guanidine groups is 1. The summed E-state index contributed by atoms with van der Waals surface area (Å²) >= 11 is 1.25. The van der Waals surface area contributed by atoms with Crippen molar-refractivity contribution in [2.45, 2.75) is 24.2 Å². The van der Waals surface area contributed by atoms with E-state index < -0.39 is 10.0 Å². The Labute approximate surface area is 197 Å². The first-order valence-electron chi connectivity index (χ1n) is 9.26. The molecule has 1 aliphatic rings. The van der Waals surface area contributed by atoms with E-state index in [1.165, 1.54) is 21.7 Å². The Kier molecular flexibility index (Phi) is 9.47. The second-order valence-corrected chi connectivity index (χ2v) is 9.93. The van der Waals surface area contributed by atoms with Gasteiger partial charge in [0.15, 0.2) is 5.96 Å². The minimum absolute atomic E-state index is 0. The van der Waals surface area contributed by atoms with Crippen molar-refractivity contribution in [1.82, 2.24) is 14.9 Å². The van der Waals surface area contributed by atoms with Crippen LogP contribution in [-0.4, -0.2) is 52.0 Å². The lowest BCUT2D eigenvalue weighted by Crippen LogP contribution is -2.40. The summed E-state index contributed by atoms with van der Waals surface area (Å²) in [6, 6.07) is 8.42.